The molecule has 1 saturated heterocycles. The van der Waals surface area contributed by atoms with Crippen LogP contribution in [0.25, 0.3) is 11.1 Å². The van der Waals surface area contributed by atoms with Gasteiger partial charge in [-0.15, -0.1) is 0 Å². The van der Waals surface area contributed by atoms with Gasteiger partial charge in [-0.3, -0.25) is 9.59 Å². The van der Waals surface area contributed by atoms with Crippen LogP contribution in [-0.4, -0.2) is 24.5 Å². The maximum atomic E-state index is 12.8. The molecule has 0 spiro atoms. The SMILES string of the molecule is CC(NC(=O)c1cccc(NC(=O)C2CCCO2)c1)c1ccc(-c2ccccc2)cc1. The summed E-state index contributed by atoms with van der Waals surface area (Å²) in [4.78, 5) is 25.0. The van der Waals surface area contributed by atoms with Gasteiger partial charge in [0.25, 0.3) is 11.8 Å². The van der Waals surface area contributed by atoms with Gasteiger partial charge in [0.1, 0.15) is 6.10 Å². The van der Waals surface area contributed by atoms with Crippen molar-refractivity contribution in [1.29, 1.82) is 0 Å². The highest BCUT2D eigenvalue weighted by atomic mass is 16.5. The third-order valence-electron chi connectivity index (χ3n) is 5.48. The van der Waals surface area contributed by atoms with E-state index in [1.165, 1.54) is 0 Å². The van der Waals surface area contributed by atoms with Crippen molar-refractivity contribution < 1.29 is 14.3 Å². The quantitative estimate of drug-likeness (QED) is 0.599. The Labute approximate surface area is 182 Å². The zero-order chi connectivity index (χ0) is 21.6. The molecule has 0 aliphatic carbocycles. The zero-order valence-corrected chi connectivity index (χ0v) is 17.5. The summed E-state index contributed by atoms with van der Waals surface area (Å²) in [6.45, 7) is 2.57. The number of hydrogen-bond donors (Lipinski definition) is 2. The lowest BCUT2D eigenvalue weighted by Gasteiger charge is -2.16. The first-order valence-electron chi connectivity index (χ1n) is 10.6. The van der Waals surface area contributed by atoms with Crippen molar-refractivity contribution in [2.75, 3.05) is 11.9 Å². The molecule has 0 radical (unpaired) electrons. The Morgan fingerprint density at radius 2 is 1.68 bits per heavy atom. The lowest BCUT2D eigenvalue weighted by atomic mass is 10.0. The molecule has 31 heavy (non-hydrogen) atoms. The van der Waals surface area contributed by atoms with Gasteiger partial charge >= 0.3 is 0 Å². The van der Waals surface area contributed by atoms with Crippen molar-refractivity contribution in [3.8, 4) is 11.1 Å². The molecule has 1 fully saturated rings. The van der Waals surface area contributed by atoms with E-state index < -0.39 is 6.10 Å². The van der Waals surface area contributed by atoms with Crippen LogP contribution in [0.4, 0.5) is 5.69 Å². The Morgan fingerprint density at radius 3 is 2.39 bits per heavy atom. The van der Waals surface area contributed by atoms with Crippen LogP contribution in [0.1, 0.15) is 41.7 Å². The average molecular weight is 415 g/mol. The number of carbonyl (C=O) groups is 2. The minimum absolute atomic E-state index is 0.151. The maximum Gasteiger partial charge on any atom is 0.253 e. The first-order valence-corrected chi connectivity index (χ1v) is 10.6. The number of ether oxygens (including phenoxy) is 1. The molecule has 0 saturated carbocycles. The van der Waals surface area contributed by atoms with Gasteiger partial charge in [0, 0.05) is 17.9 Å². The summed E-state index contributed by atoms with van der Waals surface area (Å²) in [5.41, 5.74) is 4.41. The number of nitrogens with one attached hydrogen (secondary N) is 2. The topological polar surface area (TPSA) is 67.4 Å². The van der Waals surface area contributed by atoms with Crippen molar-refractivity contribution in [3.05, 3.63) is 90.0 Å². The van der Waals surface area contributed by atoms with Crippen LogP contribution >= 0.6 is 0 Å². The highest BCUT2D eigenvalue weighted by Crippen LogP contribution is 2.22. The molecular weight excluding hydrogens is 388 g/mol. The van der Waals surface area contributed by atoms with Gasteiger partial charge in [-0.1, -0.05) is 60.7 Å². The Balaban J connectivity index is 1.39. The fourth-order valence-corrected chi connectivity index (χ4v) is 3.70. The fraction of sp³-hybridized carbons (Fsp3) is 0.231. The molecule has 0 bridgehead atoms. The maximum absolute atomic E-state index is 12.8. The molecule has 5 nitrogen and oxygen atoms in total. The summed E-state index contributed by atoms with van der Waals surface area (Å²) >= 11 is 0. The third kappa shape index (κ3) is 5.19. The van der Waals surface area contributed by atoms with Crippen molar-refractivity contribution in [1.82, 2.24) is 5.32 Å². The molecule has 3 aromatic rings. The Kier molecular flexibility index (Phi) is 6.43. The highest BCUT2D eigenvalue weighted by Gasteiger charge is 2.23. The van der Waals surface area contributed by atoms with E-state index in [1.54, 1.807) is 24.3 Å². The van der Waals surface area contributed by atoms with Crippen LogP contribution in [0.15, 0.2) is 78.9 Å². The van der Waals surface area contributed by atoms with E-state index in [2.05, 4.69) is 34.9 Å². The summed E-state index contributed by atoms with van der Waals surface area (Å²) in [5.74, 6) is -0.352. The van der Waals surface area contributed by atoms with Crippen molar-refractivity contribution >= 4 is 17.5 Å². The van der Waals surface area contributed by atoms with Crippen molar-refractivity contribution in [2.45, 2.75) is 31.9 Å². The molecule has 2 amide bonds. The van der Waals surface area contributed by atoms with Crippen LogP contribution in [0.2, 0.25) is 0 Å². The molecule has 2 unspecified atom stereocenters. The normalized spacial score (nSPS) is 16.5. The second-order valence-corrected chi connectivity index (χ2v) is 7.75. The molecule has 0 aromatic heterocycles. The average Bonchev–Trinajstić information content (AvgIpc) is 3.35. The van der Waals surface area contributed by atoms with Gasteiger partial charge < -0.3 is 15.4 Å². The molecule has 1 heterocycles. The molecule has 2 atom stereocenters. The minimum atomic E-state index is -0.406. The molecule has 2 N–H and O–H groups in total. The number of anilines is 1. The van der Waals surface area contributed by atoms with Gasteiger partial charge in [0.2, 0.25) is 0 Å². The van der Waals surface area contributed by atoms with Gasteiger partial charge in [0.15, 0.2) is 0 Å². The van der Waals surface area contributed by atoms with E-state index in [0.717, 1.165) is 29.5 Å². The van der Waals surface area contributed by atoms with E-state index in [0.29, 0.717) is 17.9 Å². The first kappa shape index (κ1) is 20.8. The summed E-state index contributed by atoms with van der Waals surface area (Å²) in [7, 11) is 0. The standard InChI is InChI=1S/C26H26N2O3/c1-18(19-12-14-21(15-13-19)20-7-3-2-4-8-20)27-25(29)22-9-5-10-23(17-22)28-26(30)24-11-6-16-31-24/h2-5,7-10,12-15,17-18,24H,6,11,16H2,1H3,(H,27,29)(H,28,30). The lowest BCUT2D eigenvalue weighted by molar-refractivity contribution is -0.124. The molecule has 5 heteroatoms. The van der Waals surface area contributed by atoms with Gasteiger partial charge in [0.05, 0.1) is 6.04 Å². The lowest BCUT2D eigenvalue weighted by Crippen LogP contribution is -2.28. The summed E-state index contributed by atoms with van der Waals surface area (Å²) in [5, 5.41) is 5.87. The smallest absolute Gasteiger partial charge is 0.253 e. The first-order chi connectivity index (χ1) is 15.1. The van der Waals surface area contributed by atoms with Crippen LogP contribution in [0, 0.1) is 0 Å². The number of amides is 2. The van der Waals surface area contributed by atoms with Crippen molar-refractivity contribution in [3.63, 3.8) is 0 Å². The molecule has 1 aliphatic heterocycles. The Bertz CT molecular complexity index is 1040. The zero-order valence-electron chi connectivity index (χ0n) is 17.5. The van der Waals surface area contributed by atoms with E-state index in [1.807, 2.05) is 37.3 Å². The van der Waals surface area contributed by atoms with E-state index >= 15 is 0 Å². The summed E-state index contributed by atoms with van der Waals surface area (Å²) < 4.78 is 5.41. The number of benzene rings is 3. The molecule has 158 valence electrons. The molecule has 3 aromatic carbocycles. The Hall–Kier alpha value is -3.44. The highest BCUT2D eigenvalue weighted by molar-refractivity contribution is 5.98. The summed E-state index contributed by atoms with van der Waals surface area (Å²) in [6.07, 6.45) is 1.22. The third-order valence-corrected chi connectivity index (χ3v) is 5.48. The predicted molar refractivity (Wildman–Crippen MR) is 122 cm³/mol. The van der Waals surface area contributed by atoms with Gasteiger partial charge in [-0.25, -0.2) is 0 Å². The largest absolute Gasteiger partial charge is 0.368 e. The number of hydrogen-bond acceptors (Lipinski definition) is 3. The van der Waals surface area contributed by atoms with Crippen LogP contribution in [0.3, 0.4) is 0 Å². The van der Waals surface area contributed by atoms with Crippen molar-refractivity contribution in [2.24, 2.45) is 0 Å². The van der Waals surface area contributed by atoms with E-state index in [-0.39, 0.29) is 17.9 Å². The molecule has 4 rings (SSSR count). The fourth-order valence-electron chi connectivity index (χ4n) is 3.70. The van der Waals surface area contributed by atoms with E-state index in [9.17, 15) is 9.59 Å². The minimum Gasteiger partial charge on any atom is -0.368 e. The monoisotopic (exact) mass is 414 g/mol. The van der Waals surface area contributed by atoms with Gasteiger partial charge in [-0.05, 0) is 54.7 Å². The number of rotatable bonds is 6. The molecular formula is C26H26N2O3. The second-order valence-electron chi connectivity index (χ2n) is 7.75. The summed E-state index contributed by atoms with van der Waals surface area (Å²) in [6, 6.07) is 25.2. The number of carbonyl (C=O) groups excluding carboxylic acids is 2. The molecule has 1 aliphatic rings. The van der Waals surface area contributed by atoms with Gasteiger partial charge in [-0.2, -0.15) is 0 Å². The van der Waals surface area contributed by atoms with Crippen LogP contribution < -0.4 is 10.6 Å². The predicted octanol–water partition coefficient (Wildman–Crippen LogP) is 4.96. The van der Waals surface area contributed by atoms with Crippen LogP contribution in [-0.2, 0) is 9.53 Å². The second kappa shape index (κ2) is 9.58. The van der Waals surface area contributed by atoms with E-state index in [4.69, 9.17) is 4.74 Å². The Morgan fingerprint density at radius 1 is 0.935 bits per heavy atom. The van der Waals surface area contributed by atoms with Crippen LogP contribution in [0.5, 0.6) is 0 Å².